The van der Waals surface area contributed by atoms with Crippen molar-refractivity contribution in [2.45, 2.75) is 63.8 Å². The SMILES string of the molecule is Cc1ncnc2c1ccn2[C@@H]1C[C@H](C(C)(O)c2ccc(F)cc2)[C@H]2OC(C)(C)O[C@H]21. The molecule has 1 unspecified atom stereocenters. The van der Waals surface area contributed by atoms with Crippen molar-refractivity contribution in [1.82, 2.24) is 14.5 Å². The quantitative estimate of drug-likeness (QED) is 0.709. The van der Waals surface area contributed by atoms with Crippen LogP contribution in [0.25, 0.3) is 11.0 Å². The number of ether oxygens (including phenoxy) is 2. The zero-order valence-corrected chi connectivity index (χ0v) is 17.5. The Morgan fingerprint density at radius 2 is 1.83 bits per heavy atom. The fourth-order valence-electron chi connectivity index (χ4n) is 5.14. The molecule has 3 aromatic rings. The predicted octanol–water partition coefficient (Wildman–Crippen LogP) is 3.87. The first-order valence-corrected chi connectivity index (χ1v) is 10.3. The van der Waals surface area contributed by atoms with Gasteiger partial charge in [0.2, 0.25) is 0 Å². The maximum Gasteiger partial charge on any atom is 0.163 e. The number of fused-ring (bicyclic) bond motifs is 2. The van der Waals surface area contributed by atoms with Crippen LogP contribution < -0.4 is 0 Å². The summed E-state index contributed by atoms with van der Waals surface area (Å²) in [6.45, 7) is 7.53. The molecule has 1 aliphatic carbocycles. The minimum Gasteiger partial charge on any atom is -0.385 e. The molecule has 158 valence electrons. The van der Waals surface area contributed by atoms with Crippen molar-refractivity contribution < 1.29 is 19.0 Å². The summed E-state index contributed by atoms with van der Waals surface area (Å²) in [5.74, 6) is -1.31. The molecule has 2 aliphatic rings. The molecule has 0 bridgehead atoms. The number of aliphatic hydroxyl groups is 1. The molecule has 1 N–H and O–H groups in total. The molecule has 1 saturated heterocycles. The minimum absolute atomic E-state index is 0.0551. The van der Waals surface area contributed by atoms with Crippen LogP contribution in [-0.4, -0.2) is 37.6 Å². The number of halogens is 1. The first kappa shape index (κ1) is 19.6. The van der Waals surface area contributed by atoms with Gasteiger partial charge in [-0.15, -0.1) is 0 Å². The van der Waals surface area contributed by atoms with E-state index in [1.807, 2.05) is 33.0 Å². The van der Waals surface area contributed by atoms with E-state index in [1.165, 1.54) is 12.1 Å². The number of nitrogens with zero attached hydrogens (tertiary/aromatic N) is 3. The molecule has 5 rings (SSSR count). The summed E-state index contributed by atoms with van der Waals surface area (Å²) < 4.78 is 28.2. The molecular weight excluding hydrogens is 385 g/mol. The van der Waals surface area contributed by atoms with Crippen molar-refractivity contribution in [1.29, 1.82) is 0 Å². The van der Waals surface area contributed by atoms with E-state index in [1.54, 1.807) is 25.4 Å². The number of aromatic nitrogens is 3. The predicted molar refractivity (Wildman–Crippen MR) is 109 cm³/mol. The van der Waals surface area contributed by atoms with Crippen LogP contribution in [0.5, 0.6) is 0 Å². The molecule has 0 radical (unpaired) electrons. The van der Waals surface area contributed by atoms with E-state index in [0.29, 0.717) is 12.0 Å². The van der Waals surface area contributed by atoms with Gasteiger partial charge in [-0.3, -0.25) is 0 Å². The topological polar surface area (TPSA) is 69.4 Å². The smallest absolute Gasteiger partial charge is 0.163 e. The number of hydrogen-bond acceptors (Lipinski definition) is 5. The van der Waals surface area contributed by atoms with E-state index in [2.05, 4.69) is 14.5 Å². The molecule has 0 spiro atoms. The molecule has 6 nitrogen and oxygen atoms in total. The van der Waals surface area contributed by atoms with E-state index in [0.717, 1.165) is 16.7 Å². The first-order valence-electron chi connectivity index (χ1n) is 10.3. The lowest BCUT2D eigenvalue weighted by Gasteiger charge is -2.34. The lowest BCUT2D eigenvalue weighted by molar-refractivity contribution is -0.172. The third kappa shape index (κ3) is 2.95. The average Bonchev–Trinajstić information content (AvgIpc) is 3.33. The summed E-state index contributed by atoms with van der Waals surface area (Å²) in [5.41, 5.74) is 1.23. The van der Waals surface area contributed by atoms with Gasteiger partial charge in [-0.2, -0.15) is 0 Å². The third-order valence-electron chi connectivity index (χ3n) is 6.65. The molecule has 5 atom stereocenters. The van der Waals surface area contributed by atoms with Crippen LogP contribution in [-0.2, 0) is 15.1 Å². The monoisotopic (exact) mass is 411 g/mol. The highest BCUT2D eigenvalue weighted by Gasteiger charge is 2.59. The number of hydrogen-bond donors (Lipinski definition) is 1. The largest absolute Gasteiger partial charge is 0.385 e. The highest BCUT2D eigenvalue weighted by Crippen LogP contribution is 2.53. The summed E-state index contributed by atoms with van der Waals surface area (Å²) in [4.78, 5) is 8.79. The van der Waals surface area contributed by atoms with Crippen LogP contribution in [0, 0.1) is 18.7 Å². The second kappa shape index (κ2) is 6.57. The Kier molecular flexibility index (Phi) is 4.29. The maximum absolute atomic E-state index is 13.5. The zero-order chi connectivity index (χ0) is 21.3. The fraction of sp³-hybridized carbons (Fsp3) is 0.478. The van der Waals surface area contributed by atoms with Gasteiger partial charge in [0, 0.05) is 17.5 Å². The Labute approximate surface area is 174 Å². The molecule has 7 heteroatoms. The molecule has 1 saturated carbocycles. The van der Waals surface area contributed by atoms with Crippen LogP contribution in [0.1, 0.15) is 44.5 Å². The van der Waals surface area contributed by atoms with Crippen molar-refractivity contribution in [3.8, 4) is 0 Å². The van der Waals surface area contributed by atoms with Gasteiger partial charge in [0.05, 0.1) is 23.4 Å². The van der Waals surface area contributed by atoms with Crippen molar-refractivity contribution in [2.24, 2.45) is 5.92 Å². The van der Waals surface area contributed by atoms with Crippen molar-refractivity contribution in [3.63, 3.8) is 0 Å². The molecule has 1 aromatic carbocycles. The highest BCUT2D eigenvalue weighted by molar-refractivity contribution is 5.78. The Morgan fingerprint density at radius 1 is 1.13 bits per heavy atom. The lowest BCUT2D eigenvalue weighted by atomic mass is 9.80. The van der Waals surface area contributed by atoms with E-state index in [4.69, 9.17) is 9.47 Å². The standard InChI is InChI=1S/C23H26FN3O3/c1-13-16-9-10-27(21(16)26-12-25-13)18-11-17(19-20(18)30-22(2,3)29-19)23(4,28)14-5-7-15(24)8-6-14/h5-10,12,17-20,28H,11H2,1-4H3/t17-,18+,19+,20-,23?/m0/s1. The Bertz CT molecular complexity index is 1090. The second-order valence-corrected chi connectivity index (χ2v) is 9.05. The number of benzene rings is 1. The lowest BCUT2D eigenvalue weighted by Crippen LogP contribution is -2.39. The van der Waals surface area contributed by atoms with E-state index < -0.39 is 11.4 Å². The van der Waals surface area contributed by atoms with Gasteiger partial charge in [-0.05, 0) is 57.9 Å². The second-order valence-electron chi connectivity index (χ2n) is 9.05. The van der Waals surface area contributed by atoms with Gasteiger partial charge in [0.25, 0.3) is 0 Å². The molecule has 1 aliphatic heterocycles. The molecule has 2 fully saturated rings. The normalized spacial score (nSPS) is 29.8. The number of rotatable bonds is 3. The van der Waals surface area contributed by atoms with Crippen LogP contribution >= 0.6 is 0 Å². The summed E-state index contributed by atoms with van der Waals surface area (Å²) in [6, 6.07) is 8.00. The van der Waals surface area contributed by atoms with Crippen molar-refractivity contribution in [2.75, 3.05) is 0 Å². The fourth-order valence-corrected chi connectivity index (χ4v) is 5.14. The van der Waals surface area contributed by atoms with E-state index >= 15 is 0 Å². The molecule has 30 heavy (non-hydrogen) atoms. The Morgan fingerprint density at radius 3 is 2.57 bits per heavy atom. The minimum atomic E-state index is -1.21. The first-order chi connectivity index (χ1) is 14.2. The summed E-state index contributed by atoms with van der Waals surface area (Å²) in [5, 5.41) is 12.6. The van der Waals surface area contributed by atoms with E-state index in [-0.39, 0.29) is 30.0 Å². The average molecular weight is 411 g/mol. The van der Waals surface area contributed by atoms with Gasteiger partial charge in [0.1, 0.15) is 23.9 Å². The van der Waals surface area contributed by atoms with Crippen LogP contribution in [0.15, 0.2) is 42.9 Å². The zero-order valence-electron chi connectivity index (χ0n) is 17.5. The van der Waals surface area contributed by atoms with Crippen LogP contribution in [0.4, 0.5) is 4.39 Å². The summed E-state index contributed by atoms with van der Waals surface area (Å²) in [6.07, 6.45) is 3.69. The van der Waals surface area contributed by atoms with Gasteiger partial charge in [0.15, 0.2) is 5.79 Å². The molecule has 2 aromatic heterocycles. The molecule has 0 amide bonds. The van der Waals surface area contributed by atoms with Crippen molar-refractivity contribution >= 4 is 11.0 Å². The Hall–Kier alpha value is -2.35. The maximum atomic E-state index is 13.5. The third-order valence-corrected chi connectivity index (χ3v) is 6.65. The van der Waals surface area contributed by atoms with Crippen LogP contribution in [0.3, 0.4) is 0 Å². The Balaban J connectivity index is 1.57. The highest BCUT2D eigenvalue weighted by atomic mass is 19.1. The van der Waals surface area contributed by atoms with Crippen LogP contribution in [0.2, 0.25) is 0 Å². The van der Waals surface area contributed by atoms with E-state index in [9.17, 15) is 9.50 Å². The van der Waals surface area contributed by atoms with Gasteiger partial charge < -0.3 is 19.1 Å². The summed E-state index contributed by atoms with van der Waals surface area (Å²) >= 11 is 0. The molecular formula is C23H26FN3O3. The molecule has 3 heterocycles. The number of aryl methyl sites for hydroxylation is 1. The van der Waals surface area contributed by atoms with Crippen molar-refractivity contribution in [3.05, 3.63) is 59.9 Å². The van der Waals surface area contributed by atoms with Gasteiger partial charge >= 0.3 is 0 Å². The summed E-state index contributed by atoms with van der Waals surface area (Å²) in [7, 11) is 0. The van der Waals surface area contributed by atoms with Gasteiger partial charge in [-0.25, -0.2) is 14.4 Å². The van der Waals surface area contributed by atoms with Gasteiger partial charge in [-0.1, -0.05) is 12.1 Å².